The first-order valence-electron chi connectivity index (χ1n) is 10.3. The number of hydrogen-bond donors (Lipinski definition) is 0. The maximum atomic E-state index is 13.1. The van der Waals surface area contributed by atoms with Crippen LogP contribution in [0.15, 0.2) is 36.5 Å². The second-order valence-electron chi connectivity index (χ2n) is 7.70. The topological polar surface area (TPSA) is 69.9 Å². The number of aromatic nitrogens is 4. The zero-order chi connectivity index (χ0) is 19.8. The predicted molar refractivity (Wildman–Crippen MR) is 112 cm³/mol. The molecule has 0 bridgehead atoms. The fraction of sp³-hybridized carbons (Fsp3) is 0.429. The molecular formula is C21H25N7O. The fourth-order valence-corrected chi connectivity index (χ4v) is 4.26. The molecule has 0 unspecified atom stereocenters. The quantitative estimate of drug-likeness (QED) is 0.680. The molecule has 3 aromatic heterocycles. The highest BCUT2D eigenvalue weighted by atomic mass is 16.2. The molecule has 8 nitrogen and oxygen atoms in total. The van der Waals surface area contributed by atoms with Gasteiger partial charge in [-0.15, -0.1) is 10.2 Å². The third kappa shape index (κ3) is 3.28. The van der Waals surface area contributed by atoms with Crippen LogP contribution in [-0.4, -0.2) is 69.7 Å². The van der Waals surface area contributed by atoms with E-state index in [0.717, 1.165) is 49.2 Å². The predicted octanol–water partition coefficient (Wildman–Crippen LogP) is 2.00. The van der Waals surface area contributed by atoms with Gasteiger partial charge in [-0.2, -0.15) is 0 Å². The van der Waals surface area contributed by atoms with Gasteiger partial charge in [0.25, 0.3) is 5.91 Å². The van der Waals surface area contributed by atoms with Crippen molar-refractivity contribution in [3.8, 4) is 0 Å². The standard InChI is InChI=1S/C21H25N7O/c1-16-20(28-11-3-2-6-17(28)22-16)21(29)27-14-12-26(13-15-27)19-8-7-18(23-24-19)25-9-4-5-10-25/h2-3,6-8,11H,4-5,9-10,12-15H2,1H3. The van der Waals surface area contributed by atoms with Crippen molar-refractivity contribution in [2.24, 2.45) is 0 Å². The molecule has 0 atom stereocenters. The largest absolute Gasteiger partial charge is 0.355 e. The number of carbonyl (C=O) groups excluding carboxylic acids is 1. The lowest BCUT2D eigenvalue weighted by molar-refractivity contribution is 0.0738. The highest BCUT2D eigenvalue weighted by molar-refractivity contribution is 5.94. The van der Waals surface area contributed by atoms with Crippen LogP contribution in [0.1, 0.15) is 29.0 Å². The number of aryl methyl sites for hydroxylation is 1. The summed E-state index contributed by atoms with van der Waals surface area (Å²) in [4.78, 5) is 24.1. The van der Waals surface area contributed by atoms with E-state index in [9.17, 15) is 4.79 Å². The van der Waals surface area contributed by atoms with Crippen LogP contribution in [-0.2, 0) is 0 Å². The summed E-state index contributed by atoms with van der Waals surface area (Å²) >= 11 is 0. The fourth-order valence-electron chi connectivity index (χ4n) is 4.26. The van der Waals surface area contributed by atoms with Crippen molar-refractivity contribution in [1.82, 2.24) is 24.5 Å². The first-order chi connectivity index (χ1) is 14.2. The summed E-state index contributed by atoms with van der Waals surface area (Å²) in [5.74, 6) is 1.88. The third-order valence-corrected chi connectivity index (χ3v) is 5.86. The van der Waals surface area contributed by atoms with Gasteiger partial charge < -0.3 is 14.7 Å². The van der Waals surface area contributed by atoms with Crippen LogP contribution in [0.5, 0.6) is 0 Å². The number of pyridine rings is 1. The highest BCUT2D eigenvalue weighted by Gasteiger charge is 2.27. The Morgan fingerprint density at radius 3 is 2.17 bits per heavy atom. The van der Waals surface area contributed by atoms with Gasteiger partial charge in [-0.3, -0.25) is 9.20 Å². The second-order valence-corrected chi connectivity index (χ2v) is 7.70. The summed E-state index contributed by atoms with van der Waals surface area (Å²) < 4.78 is 1.88. The normalized spacial score (nSPS) is 17.3. The molecule has 8 heteroatoms. The Bertz CT molecular complexity index is 1020. The van der Waals surface area contributed by atoms with Gasteiger partial charge in [-0.25, -0.2) is 4.98 Å². The molecule has 5 heterocycles. The van der Waals surface area contributed by atoms with Crippen LogP contribution in [0.2, 0.25) is 0 Å². The number of carbonyl (C=O) groups is 1. The number of nitrogens with zero attached hydrogens (tertiary/aromatic N) is 7. The molecule has 150 valence electrons. The Kier molecular flexibility index (Phi) is 4.54. The number of hydrogen-bond acceptors (Lipinski definition) is 6. The van der Waals surface area contributed by atoms with Gasteiger partial charge in [-0.05, 0) is 44.0 Å². The molecule has 0 spiro atoms. The number of anilines is 2. The Labute approximate surface area is 169 Å². The van der Waals surface area contributed by atoms with E-state index < -0.39 is 0 Å². The van der Waals surface area contributed by atoms with Crippen molar-refractivity contribution in [3.63, 3.8) is 0 Å². The van der Waals surface area contributed by atoms with Crippen molar-refractivity contribution < 1.29 is 4.79 Å². The summed E-state index contributed by atoms with van der Waals surface area (Å²) in [6.45, 7) is 6.85. The molecule has 0 N–H and O–H groups in total. The highest BCUT2D eigenvalue weighted by Crippen LogP contribution is 2.21. The molecule has 2 aliphatic heterocycles. The van der Waals surface area contributed by atoms with E-state index in [1.807, 2.05) is 46.7 Å². The molecule has 29 heavy (non-hydrogen) atoms. The molecule has 2 aliphatic rings. The van der Waals surface area contributed by atoms with E-state index in [4.69, 9.17) is 0 Å². The summed E-state index contributed by atoms with van der Waals surface area (Å²) in [6, 6.07) is 9.89. The minimum Gasteiger partial charge on any atom is -0.355 e. The van der Waals surface area contributed by atoms with Crippen molar-refractivity contribution in [2.75, 3.05) is 49.1 Å². The van der Waals surface area contributed by atoms with E-state index in [0.29, 0.717) is 18.8 Å². The molecule has 0 aromatic carbocycles. The molecule has 3 aromatic rings. The summed E-state index contributed by atoms with van der Waals surface area (Å²) in [7, 11) is 0. The molecular weight excluding hydrogens is 366 g/mol. The molecule has 1 amide bonds. The third-order valence-electron chi connectivity index (χ3n) is 5.86. The minimum absolute atomic E-state index is 0.0383. The maximum absolute atomic E-state index is 13.1. The van der Waals surface area contributed by atoms with Crippen LogP contribution >= 0.6 is 0 Å². The zero-order valence-corrected chi connectivity index (χ0v) is 16.7. The van der Waals surface area contributed by atoms with Gasteiger partial charge in [0.15, 0.2) is 11.6 Å². The number of amides is 1. The lowest BCUT2D eigenvalue weighted by Crippen LogP contribution is -2.49. The summed E-state index contributed by atoms with van der Waals surface area (Å²) in [5, 5.41) is 8.86. The van der Waals surface area contributed by atoms with Crippen LogP contribution in [0.25, 0.3) is 5.65 Å². The van der Waals surface area contributed by atoms with Gasteiger partial charge in [0.2, 0.25) is 0 Å². The van der Waals surface area contributed by atoms with Gasteiger partial charge in [0.05, 0.1) is 5.69 Å². The molecule has 2 saturated heterocycles. The number of fused-ring (bicyclic) bond motifs is 1. The monoisotopic (exact) mass is 391 g/mol. The lowest BCUT2D eigenvalue weighted by atomic mass is 10.2. The Balaban J connectivity index is 1.26. The Morgan fingerprint density at radius 2 is 1.52 bits per heavy atom. The van der Waals surface area contributed by atoms with E-state index in [-0.39, 0.29) is 5.91 Å². The van der Waals surface area contributed by atoms with Gasteiger partial charge in [-0.1, -0.05) is 6.07 Å². The van der Waals surface area contributed by atoms with Crippen LogP contribution < -0.4 is 9.80 Å². The Hall–Kier alpha value is -3.16. The van der Waals surface area contributed by atoms with Gasteiger partial charge in [0, 0.05) is 45.5 Å². The zero-order valence-electron chi connectivity index (χ0n) is 16.7. The van der Waals surface area contributed by atoms with E-state index >= 15 is 0 Å². The molecule has 0 saturated carbocycles. The molecule has 5 rings (SSSR count). The molecule has 0 aliphatic carbocycles. The summed E-state index contributed by atoms with van der Waals surface area (Å²) in [5.41, 5.74) is 2.23. The Morgan fingerprint density at radius 1 is 0.862 bits per heavy atom. The smallest absolute Gasteiger partial charge is 0.272 e. The van der Waals surface area contributed by atoms with E-state index in [1.165, 1.54) is 12.8 Å². The van der Waals surface area contributed by atoms with Crippen LogP contribution in [0, 0.1) is 6.92 Å². The number of imidazole rings is 1. The summed E-state index contributed by atoms with van der Waals surface area (Å²) in [6.07, 6.45) is 4.35. The minimum atomic E-state index is 0.0383. The van der Waals surface area contributed by atoms with Crippen molar-refractivity contribution in [2.45, 2.75) is 19.8 Å². The lowest BCUT2D eigenvalue weighted by Gasteiger charge is -2.35. The average Bonchev–Trinajstić information content (AvgIpc) is 3.41. The van der Waals surface area contributed by atoms with Gasteiger partial charge >= 0.3 is 0 Å². The van der Waals surface area contributed by atoms with Crippen molar-refractivity contribution in [3.05, 3.63) is 47.9 Å². The first kappa shape index (κ1) is 17.9. The SMILES string of the molecule is Cc1nc2ccccn2c1C(=O)N1CCN(c2ccc(N3CCCC3)nn2)CC1. The van der Waals surface area contributed by atoms with Gasteiger partial charge in [0.1, 0.15) is 11.3 Å². The van der Waals surface area contributed by atoms with Crippen molar-refractivity contribution in [1.29, 1.82) is 0 Å². The number of rotatable bonds is 3. The molecule has 0 radical (unpaired) electrons. The second kappa shape index (κ2) is 7.35. The average molecular weight is 391 g/mol. The van der Waals surface area contributed by atoms with E-state index in [2.05, 4.69) is 31.0 Å². The van der Waals surface area contributed by atoms with E-state index in [1.54, 1.807) is 0 Å². The van der Waals surface area contributed by atoms with Crippen molar-refractivity contribution >= 4 is 23.2 Å². The maximum Gasteiger partial charge on any atom is 0.272 e. The number of piperazine rings is 1. The first-order valence-corrected chi connectivity index (χ1v) is 10.3. The molecule has 2 fully saturated rings. The van der Waals surface area contributed by atoms with Crippen LogP contribution in [0.3, 0.4) is 0 Å². The van der Waals surface area contributed by atoms with Crippen LogP contribution in [0.4, 0.5) is 11.6 Å².